The number of hydrogen-bond acceptors (Lipinski definition) is 3. The Hall–Kier alpha value is -4.57. The van der Waals surface area contributed by atoms with Gasteiger partial charge in [0.15, 0.2) is 0 Å². The van der Waals surface area contributed by atoms with Crippen molar-refractivity contribution in [1.29, 1.82) is 0 Å². The van der Waals surface area contributed by atoms with E-state index in [0.29, 0.717) is 0 Å². The Morgan fingerprint density at radius 2 is 1.60 bits per heavy atom. The van der Waals surface area contributed by atoms with Crippen molar-refractivity contribution < 1.29 is 0 Å². The molecule has 0 N–H and O–H groups in total. The van der Waals surface area contributed by atoms with Crippen molar-refractivity contribution in [2.75, 3.05) is 0 Å². The van der Waals surface area contributed by atoms with Crippen molar-refractivity contribution in [3.63, 3.8) is 0 Å². The van der Waals surface area contributed by atoms with E-state index in [1.54, 1.807) is 0 Å². The van der Waals surface area contributed by atoms with E-state index in [-0.39, 0.29) is 0 Å². The highest BCUT2D eigenvalue weighted by Gasteiger charge is 2.28. The molecule has 2 aliphatic carbocycles. The van der Waals surface area contributed by atoms with E-state index < -0.39 is 0 Å². The summed E-state index contributed by atoms with van der Waals surface area (Å²) < 4.78 is 2.32. The van der Waals surface area contributed by atoms with Crippen LogP contribution in [0.5, 0.6) is 0 Å². The molecule has 4 nitrogen and oxygen atoms in total. The number of rotatable bonds is 0. The lowest BCUT2D eigenvalue weighted by molar-refractivity contribution is 1.21. The van der Waals surface area contributed by atoms with Crippen molar-refractivity contribution in [2.24, 2.45) is 0 Å². The van der Waals surface area contributed by atoms with E-state index in [1.165, 1.54) is 50.0 Å². The van der Waals surface area contributed by atoms with E-state index in [2.05, 4.69) is 64.0 Å². The van der Waals surface area contributed by atoms with Gasteiger partial charge in [-0.1, -0.05) is 36.4 Å². The highest BCUT2D eigenvalue weighted by atomic mass is 15.0. The molecular formula is C31H18N4. The molecule has 0 unspecified atom stereocenters. The second-order valence-electron chi connectivity index (χ2n) is 9.71. The molecule has 0 fully saturated rings. The van der Waals surface area contributed by atoms with Gasteiger partial charge < -0.3 is 0 Å². The molecule has 0 bridgehead atoms. The fourth-order valence-corrected chi connectivity index (χ4v) is 6.45. The second kappa shape index (κ2) is 6.10. The fourth-order valence-electron chi connectivity index (χ4n) is 6.45. The third kappa shape index (κ3) is 2.15. The number of hydrogen-bond donors (Lipinski definition) is 0. The zero-order valence-corrected chi connectivity index (χ0v) is 18.8. The molecule has 0 spiro atoms. The van der Waals surface area contributed by atoms with Gasteiger partial charge >= 0.3 is 0 Å². The van der Waals surface area contributed by atoms with Crippen molar-refractivity contribution in [3.05, 3.63) is 108 Å². The molecule has 0 saturated heterocycles. The Balaban J connectivity index is 1.46. The normalized spacial score (nSPS) is 13.5. The molecule has 162 valence electrons. The van der Waals surface area contributed by atoms with Crippen LogP contribution < -0.4 is 0 Å². The lowest BCUT2D eigenvalue weighted by atomic mass is 9.97. The van der Waals surface area contributed by atoms with Crippen LogP contribution in [0.1, 0.15) is 22.3 Å². The molecule has 7 aromatic rings. The minimum absolute atomic E-state index is 0.942. The van der Waals surface area contributed by atoms with E-state index in [4.69, 9.17) is 9.97 Å². The Morgan fingerprint density at radius 3 is 2.60 bits per heavy atom. The molecule has 0 saturated carbocycles. The maximum atomic E-state index is 5.15. The van der Waals surface area contributed by atoms with Gasteiger partial charge in [0.1, 0.15) is 5.65 Å². The Kier molecular flexibility index (Phi) is 3.11. The van der Waals surface area contributed by atoms with Gasteiger partial charge in [0, 0.05) is 34.9 Å². The van der Waals surface area contributed by atoms with Crippen LogP contribution in [0.15, 0.2) is 85.3 Å². The minimum Gasteiger partial charge on any atom is -0.289 e. The average Bonchev–Trinajstić information content (AvgIpc) is 3.58. The van der Waals surface area contributed by atoms with Crippen LogP contribution in [0.25, 0.3) is 60.7 Å². The third-order valence-corrected chi connectivity index (χ3v) is 7.92. The first-order valence-electron chi connectivity index (χ1n) is 12.0. The summed E-state index contributed by atoms with van der Waals surface area (Å²) in [6.45, 7) is 0. The first-order chi connectivity index (χ1) is 17.3. The van der Waals surface area contributed by atoms with Crippen molar-refractivity contribution in [3.8, 4) is 22.3 Å². The molecule has 0 atom stereocenters. The molecule has 4 heterocycles. The van der Waals surface area contributed by atoms with Gasteiger partial charge in [-0.15, -0.1) is 0 Å². The van der Waals surface area contributed by atoms with E-state index in [0.717, 1.165) is 45.8 Å². The monoisotopic (exact) mass is 446 g/mol. The van der Waals surface area contributed by atoms with Crippen molar-refractivity contribution in [2.45, 2.75) is 12.8 Å². The number of imidazole rings is 1. The molecule has 2 aliphatic rings. The Labute approximate surface area is 200 Å². The van der Waals surface area contributed by atoms with Crippen LogP contribution in [0.2, 0.25) is 0 Å². The van der Waals surface area contributed by atoms with Gasteiger partial charge in [-0.05, 0) is 82.1 Å². The summed E-state index contributed by atoms with van der Waals surface area (Å²) in [4.78, 5) is 14.4. The summed E-state index contributed by atoms with van der Waals surface area (Å²) >= 11 is 0. The molecule has 4 heteroatoms. The highest BCUT2D eigenvalue weighted by Crippen LogP contribution is 2.47. The molecule has 4 aromatic heterocycles. The van der Waals surface area contributed by atoms with Crippen LogP contribution in [0, 0.1) is 0 Å². The number of aromatic nitrogens is 4. The largest absolute Gasteiger partial charge is 0.289 e. The predicted molar refractivity (Wildman–Crippen MR) is 140 cm³/mol. The smallest absolute Gasteiger partial charge is 0.148 e. The van der Waals surface area contributed by atoms with Crippen LogP contribution in [-0.4, -0.2) is 19.4 Å². The highest BCUT2D eigenvalue weighted by molar-refractivity contribution is 6.13. The Morgan fingerprint density at radius 1 is 0.686 bits per heavy atom. The third-order valence-electron chi connectivity index (χ3n) is 7.92. The van der Waals surface area contributed by atoms with Crippen molar-refractivity contribution in [1.82, 2.24) is 19.4 Å². The summed E-state index contributed by atoms with van der Waals surface area (Å²) in [5.41, 5.74) is 16.2. The van der Waals surface area contributed by atoms with E-state index in [1.807, 2.05) is 30.7 Å². The number of benzene rings is 3. The van der Waals surface area contributed by atoms with Crippen LogP contribution in [0.4, 0.5) is 0 Å². The molecule has 0 amide bonds. The van der Waals surface area contributed by atoms with Crippen LogP contribution in [-0.2, 0) is 12.8 Å². The maximum absolute atomic E-state index is 5.15. The molecule has 0 radical (unpaired) electrons. The number of nitrogens with zero attached hydrogens (tertiary/aromatic N) is 4. The zero-order chi connectivity index (χ0) is 22.7. The zero-order valence-electron chi connectivity index (χ0n) is 18.8. The van der Waals surface area contributed by atoms with Crippen molar-refractivity contribution >= 4 is 38.5 Å². The number of pyridine rings is 3. The lowest BCUT2D eigenvalue weighted by Gasteiger charge is -2.11. The fraction of sp³-hybridized carbons (Fsp3) is 0.0645. The summed E-state index contributed by atoms with van der Waals surface area (Å²) in [7, 11) is 0. The number of fused-ring (bicyclic) bond motifs is 15. The second-order valence-corrected chi connectivity index (χ2v) is 9.71. The van der Waals surface area contributed by atoms with E-state index in [9.17, 15) is 0 Å². The first kappa shape index (κ1) is 17.8. The average molecular weight is 447 g/mol. The summed E-state index contributed by atoms with van der Waals surface area (Å²) in [6, 6.07) is 24.4. The van der Waals surface area contributed by atoms with E-state index >= 15 is 0 Å². The molecule has 35 heavy (non-hydrogen) atoms. The summed E-state index contributed by atoms with van der Waals surface area (Å²) in [5.74, 6) is 0. The maximum Gasteiger partial charge on any atom is 0.148 e. The predicted octanol–water partition coefficient (Wildman–Crippen LogP) is 6.73. The summed E-state index contributed by atoms with van der Waals surface area (Å²) in [6.07, 6.45) is 7.61. The molecule has 3 aromatic carbocycles. The van der Waals surface area contributed by atoms with Gasteiger partial charge in [-0.2, -0.15) is 0 Å². The van der Waals surface area contributed by atoms with Crippen LogP contribution >= 0.6 is 0 Å². The quantitative estimate of drug-likeness (QED) is 0.243. The minimum atomic E-state index is 0.942. The molecule has 9 rings (SSSR count). The van der Waals surface area contributed by atoms with Gasteiger partial charge in [-0.25, -0.2) is 4.98 Å². The topological polar surface area (TPSA) is 43.1 Å². The van der Waals surface area contributed by atoms with Gasteiger partial charge in [0.2, 0.25) is 0 Å². The van der Waals surface area contributed by atoms with Gasteiger partial charge in [0.05, 0.1) is 22.1 Å². The Bertz CT molecular complexity index is 2070. The molecular weight excluding hydrogens is 428 g/mol. The SMILES string of the molecule is c1ccc2c(c1)Cc1cc3c(cc1-2)-c1c(ccc2nc4c5cnccc5c5ncccc5n4c12)C3. The van der Waals surface area contributed by atoms with Crippen LogP contribution in [0.3, 0.4) is 0 Å². The lowest BCUT2D eigenvalue weighted by Crippen LogP contribution is -1.95. The van der Waals surface area contributed by atoms with Gasteiger partial charge in [0.25, 0.3) is 0 Å². The standard InChI is InChI=1S/C31H18N4/c1-2-5-21-17(4-1)12-19-14-20-13-18-7-8-26-30(28(18)24(20)15-23(19)21)35-27-6-3-10-33-29(27)22-9-11-32-16-25(22)31(35)34-26/h1-11,14-16H,12-13H2. The first-order valence-corrected chi connectivity index (χ1v) is 12.0. The summed E-state index contributed by atoms with van der Waals surface area (Å²) in [5, 5.41) is 2.12. The van der Waals surface area contributed by atoms with Gasteiger partial charge in [-0.3, -0.25) is 14.4 Å². The molecule has 0 aliphatic heterocycles.